The molecule has 0 aromatic heterocycles. The normalized spacial score (nSPS) is 25.5. The minimum Gasteiger partial charge on any atom is -0.299 e. The SMILES string of the molecule is CC1(C)CC(=O)C2C(=NC3=C(C(=O)CC(C)(C)C3)C2c2ccc(Cl)c(Sc3ccccc3)c2)C1. The number of hydrogen-bond acceptors (Lipinski definition) is 4. The molecule has 0 spiro atoms. The first-order valence-electron chi connectivity index (χ1n) is 11.9. The number of aliphatic imine (C=N–C) groups is 1. The number of fused-ring (bicyclic) bond motifs is 1. The monoisotopic (exact) mass is 491 g/mol. The molecule has 3 aliphatic rings. The average Bonchev–Trinajstić information content (AvgIpc) is 2.73. The van der Waals surface area contributed by atoms with Gasteiger partial charge in [0.05, 0.1) is 10.9 Å². The fraction of sp³-hybridized carbons (Fsp3) is 0.414. The van der Waals surface area contributed by atoms with Crippen LogP contribution in [-0.4, -0.2) is 17.3 Å². The summed E-state index contributed by atoms with van der Waals surface area (Å²) in [4.78, 5) is 34.1. The van der Waals surface area contributed by atoms with E-state index in [9.17, 15) is 9.59 Å². The quantitative estimate of drug-likeness (QED) is 0.442. The van der Waals surface area contributed by atoms with E-state index in [1.165, 1.54) is 0 Å². The summed E-state index contributed by atoms with van der Waals surface area (Å²) < 4.78 is 0. The molecular weight excluding hydrogens is 462 g/mol. The van der Waals surface area contributed by atoms with Crippen LogP contribution in [0, 0.1) is 16.7 Å². The topological polar surface area (TPSA) is 46.5 Å². The van der Waals surface area contributed by atoms with E-state index in [1.54, 1.807) is 11.8 Å². The molecule has 3 nitrogen and oxygen atoms in total. The minimum absolute atomic E-state index is 0.114. The van der Waals surface area contributed by atoms with Crippen molar-refractivity contribution in [1.82, 2.24) is 0 Å². The third kappa shape index (κ3) is 4.43. The third-order valence-electron chi connectivity index (χ3n) is 7.12. The van der Waals surface area contributed by atoms with Crippen LogP contribution in [0.3, 0.4) is 0 Å². The van der Waals surface area contributed by atoms with Gasteiger partial charge in [-0.25, -0.2) is 0 Å². The van der Waals surface area contributed by atoms with Gasteiger partial charge in [-0.15, -0.1) is 0 Å². The highest BCUT2D eigenvalue weighted by molar-refractivity contribution is 7.99. The summed E-state index contributed by atoms with van der Waals surface area (Å²) in [6, 6.07) is 16.1. The van der Waals surface area contributed by atoms with Gasteiger partial charge in [0.1, 0.15) is 5.78 Å². The van der Waals surface area contributed by atoms with Gasteiger partial charge in [-0.3, -0.25) is 14.6 Å². The Morgan fingerprint density at radius 2 is 1.59 bits per heavy atom. The summed E-state index contributed by atoms with van der Waals surface area (Å²) in [5.74, 6) is -0.338. The van der Waals surface area contributed by atoms with Crippen LogP contribution in [0.15, 0.2) is 74.6 Å². The molecule has 0 saturated heterocycles. The smallest absolute Gasteiger partial charge is 0.161 e. The number of allylic oxidation sites excluding steroid dienone is 2. The van der Waals surface area contributed by atoms with Crippen molar-refractivity contribution in [2.24, 2.45) is 21.7 Å². The molecule has 2 unspecified atom stereocenters. The van der Waals surface area contributed by atoms with Crippen molar-refractivity contribution in [3.05, 3.63) is 70.4 Å². The zero-order chi connectivity index (χ0) is 24.3. The van der Waals surface area contributed by atoms with Crippen molar-refractivity contribution in [3.63, 3.8) is 0 Å². The zero-order valence-electron chi connectivity index (χ0n) is 20.2. The van der Waals surface area contributed by atoms with Gasteiger partial charge in [-0.1, -0.05) is 75.3 Å². The van der Waals surface area contributed by atoms with E-state index in [0.29, 0.717) is 17.9 Å². The maximum atomic E-state index is 13.5. The maximum absolute atomic E-state index is 13.5. The summed E-state index contributed by atoms with van der Waals surface area (Å²) in [6.45, 7) is 8.52. The van der Waals surface area contributed by atoms with E-state index in [-0.39, 0.29) is 34.2 Å². The number of nitrogens with zero attached hydrogens (tertiary/aromatic N) is 1. The van der Waals surface area contributed by atoms with Gasteiger partial charge in [0.2, 0.25) is 0 Å². The Labute approximate surface area is 211 Å². The Bertz CT molecular complexity index is 1240. The molecule has 2 aromatic carbocycles. The van der Waals surface area contributed by atoms with Crippen LogP contribution in [0.25, 0.3) is 0 Å². The van der Waals surface area contributed by atoms with E-state index in [1.807, 2.05) is 30.3 Å². The third-order valence-corrected chi connectivity index (χ3v) is 8.63. The fourth-order valence-corrected chi connectivity index (χ4v) is 6.92. The molecular formula is C29H30ClNO2S. The van der Waals surface area contributed by atoms with Crippen LogP contribution in [0.1, 0.15) is 64.9 Å². The Hall–Kier alpha value is -2.17. The van der Waals surface area contributed by atoms with E-state index < -0.39 is 0 Å². The second-order valence-electron chi connectivity index (χ2n) is 11.4. The standard InChI is InChI=1S/C29H30ClNO2S/c1-28(2)13-20-26(22(32)15-28)25(27-21(31-20)14-29(3,4)16-23(27)33)17-10-11-19(30)24(12-17)34-18-8-6-5-7-9-18/h5-12,25-26H,13-16H2,1-4H3. The molecule has 0 bridgehead atoms. The van der Waals surface area contributed by atoms with Crippen LogP contribution in [0.4, 0.5) is 0 Å². The lowest BCUT2D eigenvalue weighted by Crippen LogP contribution is -2.45. The molecule has 2 aliphatic carbocycles. The molecule has 0 amide bonds. The summed E-state index contributed by atoms with van der Waals surface area (Å²) in [5, 5.41) is 0.670. The first-order valence-corrected chi connectivity index (χ1v) is 13.1. The van der Waals surface area contributed by atoms with Crippen LogP contribution in [0.2, 0.25) is 5.02 Å². The van der Waals surface area contributed by atoms with E-state index >= 15 is 0 Å². The number of hydrogen-bond donors (Lipinski definition) is 0. The molecule has 1 aliphatic heterocycles. The van der Waals surface area contributed by atoms with Gasteiger partial charge in [-0.05, 0) is 53.5 Å². The second-order valence-corrected chi connectivity index (χ2v) is 13.0. The van der Waals surface area contributed by atoms with Crippen molar-refractivity contribution in [3.8, 4) is 0 Å². The first kappa shape index (κ1) is 23.6. The van der Waals surface area contributed by atoms with Crippen LogP contribution >= 0.6 is 23.4 Å². The lowest BCUT2D eigenvalue weighted by molar-refractivity contribution is -0.124. The number of carbonyl (C=O) groups is 2. The van der Waals surface area contributed by atoms with Gasteiger partial charge in [0.25, 0.3) is 0 Å². The summed E-state index contributed by atoms with van der Waals surface area (Å²) in [5.41, 5.74) is 3.32. The van der Waals surface area contributed by atoms with Gasteiger partial charge in [0, 0.05) is 45.5 Å². The molecule has 1 fully saturated rings. The average molecular weight is 492 g/mol. The largest absolute Gasteiger partial charge is 0.299 e. The van der Waals surface area contributed by atoms with Gasteiger partial charge in [-0.2, -0.15) is 0 Å². The minimum atomic E-state index is -0.368. The Morgan fingerprint density at radius 3 is 2.32 bits per heavy atom. The molecule has 5 rings (SSSR count). The van der Waals surface area contributed by atoms with Crippen molar-refractivity contribution >= 4 is 40.6 Å². The highest BCUT2D eigenvalue weighted by Crippen LogP contribution is 2.52. The van der Waals surface area contributed by atoms with Gasteiger partial charge < -0.3 is 0 Å². The number of benzene rings is 2. The van der Waals surface area contributed by atoms with Crippen molar-refractivity contribution < 1.29 is 9.59 Å². The number of rotatable bonds is 3. The number of ketones is 2. The van der Waals surface area contributed by atoms with Crippen molar-refractivity contribution in [2.75, 3.05) is 0 Å². The molecule has 1 saturated carbocycles. The number of halogens is 1. The number of carbonyl (C=O) groups excluding carboxylic acids is 2. The predicted octanol–water partition coefficient (Wildman–Crippen LogP) is 7.68. The molecule has 34 heavy (non-hydrogen) atoms. The fourth-order valence-electron chi connectivity index (χ4n) is 5.78. The summed E-state index contributed by atoms with van der Waals surface area (Å²) in [7, 11) is 0. The second kappa shape index (κ2) is 8.49. The van der Waals surface area contributed by atoms with Crippen LogP contribution < -0.4 is 0 Å². The van der Waals surface area contributed by atoms with Crippen molar-refractivity contribution in [1.29, 1.82) is 0 Å². The van der Waals surface area contributed by atoms with Crippen LogP contribution in [-0.2, 0) is 9.59 Å². The first-order chi connectivity index (χ1) is 16.0. The molecule has 0 radical (unpaired) electrons. The molecule has 176 valence electrons. The van der Waals surface area contributed by atoms with E-state index in [0.717, 1.165) is 45.2 Å². The summed E-state index contributed by atoms with van der Waals surface area (Å²) >= 11 is 8.21. The van der Waals surface area contributed by atoms with Crippen molar-refractivity contribution in [2.45, 2.75) is 69.1 Å². The Morgan fingerprint density at radius 1 is 0.882 bits per heavy atom. The van der Waals surface area contributed by atoms with E-state index in [4.69, 9.17) is 16.6 Å². The predicted molar refractivity (Wildman–Crippen MR) is 139 cm³/mol. The molecule has 0 N–H and O–H groups in total. The van der Waals surface area contributed by atoms with E-state index in [2.05, 4.69) is 45.9 Å². The molecule has 2 atom stereocenters. The Balaban J connectivity index is 1.64. The lowest BCUT2D eigenvalue weighted by Gasteiger charge is -2.44. The highest BCUT2D eigenvalue weighted by Gasteiger charge is 2.49. The van der Waals surface area contributed by atoms with Gasteiger partial charge >= 0.3 is 0 Å². The van der Waals surface area contributed by atoms with Gasteiger partial charge in [0.15, 0.2) is 5.78 Å². The molecule has 1 heterocycles. The highest BCUT2D eigenvalue weighted by atomic mass is 35.5. The molecule has 5 heteroatoms. The lowest BCUT2D eigenvalue weighted by atomic mass is 9.60. The zero-order valence-corrected chi connectivity index (χ0v) is 21.7. The van der Waals surface area contributed by atoms with Crippen LogP contribution in [0.5, 0.6) is 0 Å². The molecule has 2 aromatic rings. The number of Topliss-reactive ketones (excluding diaryl/α,β-unsaturated/α-hetero) is 2. The summed E-state index contributed by atoms with van der Waals surface area (Å²) in [6.07, 6.45) is 2.53. The maximum Gasteiger partial charge on any atom is 0.161 e. The Kier molecular flexibility index (Phi) is 5.89.